The van der Waals surface area contributed by atoms with E-state index in [2.05, 4.69) is 0 Å². The quantitative estimate of drug-likeness (QED) is 0.483. The molecule has 0 aromatic heterocycles. The van der Waals surface area contributed by atoms with Gasteiger partial charge in [-0.3, -0.25) is 9.59 Å². The van der Waals surface area contributed by atoms with E-state index in [0.717, 1.165) is 0 Å². The van der Waals surface area contributed by atoms with Crippen LogP contribution in [0.4, 0.5) is 0 Å². The Morgan fingerprint density at radius 1 is 1.50 bits per heavy atom. The Hall–Kier alpha value is -0.510. The largest absolute Gasteiger partial charge is 0.273 e. The Bertz CT molecular complexity index is 215. The van der Waals surface area contributed by atoms with E-state index in [0.29, 0.717) is 6.42 Å². The highest BCUT2D eigenvalue weighted by Gasteiger charge is 2.39. The van der Waals surface area contributed by atoms with Crippen LogP contribution in [0.25, 0.3) is 0 Å². The van der Waals surface area contributed by atoms with Crippen LogP contribution in [0.1, 0.15) is 20.3 Å². The van der Waals surface area contributed by atoms with Crippen LogP contribution in [0.3, 0.4) is 0 Å². The first-order valence-electron chi connectivity index (χ1n) is 3.98. The van der Waals surface area contributed by atoms with Crippen LogP contribution in [-0.2, 0) is 9.59 Å². The third kappa shape index (κ3) is 1.48. The summed E-state index contributed by atoms with van der Waals surface area (Å²) in [6.45, 7) is 3.94. The number of imide groups is 1. The van der Waals surface area contributed by atoms with E-state index in [4.69, 9.17) is 0 Å². The summed E-state index contributed by atoms with van der Waals surface area (Å²) in [5, 5.41) is 0. The molecule has 1 rings (SSSR count). The van der Waals surface area contributed by atoms with Gasteiger partial charge in [0.2, 0.25) is 11.8 Å². The van der Waals surface area contributed by atoms with Crippen LogP contribution in [0, 0.1) is 11.8 Å². The molecule has 68 valence electrons. The molecule has 0 saturated carbocycles. The predicted octanol–water partition coefficient (Wildman–Crippen LogP) is 1.30. The molecular formula is C8H13NO2S. The molecule has 0 aromatic carbocycles. The minimum Gasteiger partial charge on any atom is -0.273 e. The summed E-state index contributed by atoms with van der Waals surface area (Å²) in [5.74, 6) is 0.0947. The highest BCUT2D eigenvalue weighted by atomic mass is 32.2. The Kier molecular flexibility index (Phi) is 2.77. The monoisotopic (exact) mass is 187 g/mol. The maximum Gasteiger partial charge on any atom is 0.243 e. The first-order chi connectivity index (χ1) is 5.57. The summed E-state index contributed by atoms with van der Waals surface area (Å²) in [7, 11) is 0. The summed E-state index contributed by atoms with van der Waals surface area (Å²) in [4.78, 5) is 22.7. The fourth-order valence-electron chi connectivity index (χ4n) is 1.34. The van der Waals surface area contributed by atoms with Gasteiger partial charge in [0.1, 0.15) is 0 Å². The lowest BCUT2D eigenvalue weighted by atomic mass is 9.95. The topological polar surface area (TPSA) is 37.4 Å². The molecule has 0 aliphatic carbocycles. The summed E-state index contributed by atoms with van der Waals surface area (Å²) in [5.41, 5.74) is 0. The minimum absolute atomic E-state index is 0.0255. The minimum atomic E-state index is -0.0926. The van der Waals surface area contributed by atoms with Gasteiger partial charge in [-0.1, -0.05) is 13.8 Å². The van der Waals surface area contributed by atoms with Gasteiger partial charge < -0.3 is 0 Å². The molecule has 4 heteroatoms. The van der Waals surface area contributed by atoms with E-state index in [1.54, 1.807) is 6.26 Å². The zero-order valence-corrected chi connectivity index (χ0v) is 8.35. The van der Waals surface area contributed by atoms with Gasteiger partial charge in [-0.05, 0) is 17.9 Å². The van der Waals surface area contributed by atoms with E-state index in [1.807, 2.05) is 13.8 Å². The molecule has 2 amide bonds. The van der Waals surface area contributed by atoms with Crippen LogP contribution in [0.2, 0.25) is 0 Å². The molecule has 12 heavy (non-hydrogen) atoms. The Balaban J connectivity index is 2.75. The van der Waals surface area contributed by atoms with Crippen molar-refractivity contribution in [3.05, 3.63) is 0 Å². The summed E-state index contributed by atoms with van der Waals surface area (Å²) in [6.07, 6.45) is 2.13. The molecule has 1 fully saturated rings. The van der Waals surface area contributed by atoms with Gasteiger partial charge in [0.15, 0.2) is 0 Å². The lowest BCUT2D eigenvalue weighted by Crippen LogP contribution is -2.24. The highest BCUT2D eigenvalue weighted by molar-refractivity contribution is 7.97. The molecular weight excluding hydrogens is 174 g/mol. The van der Waals surface area contributed by atoms with Crippen LogP contribution < -0.4 is 0 Å². The molecule has 0 bridgehead atoms. The molecule has 0 radical (unpaired) electrons. The van der Waals surface area contributed by atoms with Gasteiger partial charge in [-0.2, -0.15) is 0 Å². The normalized spacial score (nSPS) is 24.3. The number of carbonyl (C=O) groups is 2. The molecule has 1 unspecified atom stereocenters. The lowest BCUT2D eigenvalue weighted by Gasteiger charge is -2.12. The maximum atomic E-state index is 11.5. The van der Waals surface area contributed by atoms with Crippen molar-refractivity contribution in [1.82, 2.24) is 4.31 Å². The second-order valence-electron chi connectivity index (χ2n) is 3.26. The number of carbonyl (C=O) groups excluding carboxylic acids is 2. The standard InChI is InChI=1S/C8H13NO2S/c1-5(2)6-4-7(10)9(12-3)8(6)11/h5-6H,4H2,1-3H3. The van der Waals surface area contributed by atoms with E-state index in [-0.39, 0.29) is 23.7 Å². The zero-order chi connectivity index (χ0) is 9.30. The van der Waals surface area contributed by atoms with E-state index >= 15 is 0 Å². The van der Waals surface area contributed by atoms with Crippen molar-refractivity contribution in [3.63, 3.8) is 0 Å². The van der Waals surface area contributed by atoms with Crippen molar-refractivity contribution in [2.45, 2.75) is 20.3 Å². The Morgan fingerprint density at radius 3 is 2.33 bits per heavy atom. The van der Waals surface area contributed by atoms with Gasteiger partial charge in [-0.25, -0.2) is 4.31 Å². The fraction of sp³-hybridized carbons (Fsp3) is 0.750. The van der Waals surface area contributed by atoms with Gasteiger partial charge in [0, 0.05) is 12.7 Å². The van der Waals surface area contributed by atoms with Crippen molar-refractivity contribution in [2.24, 2.45) is 11.8 Å². The van der Waals surface area contributed by atoms with Crippen molar-refractivity contribution in [3.8, 4) is 0 Å². The van der Waals surface area contributed by atoms with Crippen LogP contribution in [0.15, 0.2) is 0 Å². The van der Waals surface area contributed by atoms with Crippen LogP contribution in [-0.4, -0.2) is 22.4 Å². The summed E-state index contributed by atoms with van der Waals surface area (Å²) >= 11 is 1.20. The highest BCUT2D eigenvalue weighted by Crippen LogP contribution is 2.29. The molecule has 1 aliphatic heterocycles. The number of amides is 2. The van der Waals surface area contributed by atoms with Crippen molar-refractivity contribution in [2.75, 3.05) is 6.26 Å². The molecule has 1 saturated heterocycles. The van der Waals surface area contributed by atoms with Crippen LogP contribution in [0.5, 0.6) is 0 Å². The number of hydrogen-bond acceptors (Lipinski definition) is 3. The first kappa shape index (κ1) is 9.58. The number of nitrogens with zero attached hydrogens (tertiary/aromatic N) is 1. The second-order valence-corrected chi connectivity index (χ2v) is 3.99. The lowest BCUT2D eigenvalue weighted by molar-refractivity contribution is -0.133. The van der Waals surface area contributed by atoms with Gasteiger partial charge in [-0.15, -0.1) is 0 Å². The Morgan fingerprint density at radius 2 is 2.08 bits per heavy atom. The molecule has 1 aliphatic rings. The molecule has 1 heterocycles. The van der Waals surface area contributed by atoms with Gasteiger partial charge in [0.05, 0.1) is 5.92 Å². The molecule has 0 spiro atoms. The molecule has 3 nitrogen and oxygen atoms in total. The van der Waals surface area contributed by atoms with E-state index in [9.17, 15) is 9.59 Å². The van der Waals surface area contributed by atoms with Gasteiger partial charge >= 0.3 is 0 Å². The SMILES string of the molecule is CSN1C(=O)CC(C(C)C)C1=O. The van der Waals surface area contributed by atoms with Crippen molar-refractivity contribution >= 4 is 23.8 Å². The third-order valence-corrected chi connectivity index (χ3v) is 2.87. The van der Waals surface area contributed by atoms with Gasteiger partial charge in [0.25, 0.3) is 0 Å². The van der Waals surface area contributed by atoms with Crippen LogP contribution >= 0.6 is 11.9 Å². The van der Waals surface area contributed by atoms with Crippen molar-refractivity contribution in [1.29, 1.82) is 0 Å². The Labute approximate surface area is 76.6 Å². The zero-order valence-electron chi connectivity index (χ0n) is 7.53. The smallest absolute Gasteiger partial charge is 0.243 e. The average molecular weight is 187 g/mol. The average Bonchev–Trinajstić information content (AvgIpc) is 2.27. The number of rotatable bonds is 2. The summed E-state index contributed by atoms with van der Waals surface area (Å²) < 4.78 is 1.27. The third-order valence-electron chi connectivity index (χ3n) is 2.13. The predicted molar refractivity (Wildman–Crippen MR) is 48.3 cm³/mol. The van der Waals surface area contributed by atoms with E-state index in [1.165, 1.54) is 16.3 Å². The van der Waals surface area contributed by atoms with E-state index < -0.39 is 0 Å². The van der Waals surface area contributed by atoms with Crippen molar-refractivity contribution < 1.29 is 9.59 Å². The molecule has 0 N–H and O–H groups in total. The number of hydrogen-bond donors (Lipinski definition) is 0. The molecule has 1 atom stereocenters. The second kappa shape index (κ2) is 3.47. The fourth-order valence-corrected chi connectivity index (χ4v) is 1.94. The first-order valence-corrected chi connectivity index (χ1v) is 5.17. The summed E-state index contributed by atoms with van der Waals surface area (Å²) in [6, 6.07) is 0. The maximum absolute atomic E-state index is 11.5. The molecule has 0 aromatic rings.